The van der Waals surface area contributed by atoms with Crippen LogP contribution in [0.25, 0.3) is 0 Å². The summed E-state index contributed by atoms with van der Waals surface area (Å²) >= 11 is 1.45. The van der Waals surface area contributed by atoms with Crippen LogP contribution in [0.15, 0.2) is 59.8 Å². The first-order valence-corrected chi connectivity index (χ1v) is 10.3. The second-order valence-corrected chi connectivity index (χ2v) is 8.01. The van der Waals surface area contributed by atoms with Crippen molar-refractivity contribution < 1.29 is 4.79 Å². The van der Waals surface area contributed by atoms with Crippen LogP contribution in [0, 0.1) is 6.92 Å². The van der Waals surface area contributed by atoms with Crippen molar-refractivity contribution in [2.75, 3.05) is 10.7 Å². The zero-order valence-corrected chi connectivity index (χ0v) is 16.7. The Balaban J connectivity index is 1.65. The first kappa shape index (κ1) is 18.6. The van der Waals surface area contributed by atoms with Gasteiger partial charge in [-0.05, 0) is 36.6 Å². The second-order valence-electron chi connectivity index (χ2n) is 6.90. The summed E-state index contributed by atoms with van der Waals surface area (Å²) in [5.41, 5.74) is 6.45. The lowest BCUT2D eigenvalue weighted by Crippen LogP contribution is -2.41. The fourth-order valence-corrected chi connectivity index (χ4v) is 4.43. The number of hydrogen-bond donors (Lipinski definition) is 2. The molecule has 2 heterocycles. The molecule has 1 aromatic heterocycles. The third-order valence-corrected chi connectivity index (χ3v) is 5.90. The third-order valence-electron chi connectivity index (χ3n) is 4.68. The largest absolute Gasteiger partial charge is 0.325 e. The van der Waals surface area contributed by atoms with Crippen LogP contribution in [0.2, 0.25) is 0 Å². The van der Waals surface area contributed by atoms with E-state index in [1.807, 2.05) is 66.2 Å². The van der Waals surface area contributed by atoms with Crippen LogP contribution < -0.4 is 10.7 Å². The predicted octanol–water partition coefficient (Wildman–Crippen LogP) is 3.94. The molecule has 0 saturated carbocycles. The van der Waals surface area contributed by atoms with Crippen LogP contribution in [-0.2, 0) is 11.2 Å². The first-order chi connectivity index (χ1) is 13.7. The maximum atomic E-state index is 13.2. The Morgan fingerprint density at radius 3 is 2.75 bits per heavy atom. The van der Waals surface area contributed by atoms with Gasteiger partial charge in [0.2, 0.25) is 11.1 Å². The van der Waals surface area contributed by atoms with Gasteiger partial charge in [-0.25, -0.2) is 4.68 Å². The molecular formula is C21H23N5OS. The summed E-state index contributed by atoms with van der Waals surface area (Å²) < 4.78 is 1.93. The average Bonchev–Trinajstić information content (AvgIpc) is 3.10. The van der Waals surface area contributed by atoms with E-state index in [4.69, 9.17) is 0 Å². The maximum absolute atomic E-state index is 13.2. The fraction of sp³-hybridized carbons (Fsp3) is 0.286. The molecule has 0 bridgehead atoms. The smallest absolute Gasteiger partial charge is 0.240 e. The van der Waals surface area contributed by atoms with Crippen LogP contribution in [0.1, 0.15) is 36.3 Å². The Hall–Kier alpha value is -2.80. The summed E-state index contributed by atoms with van der Waals surface area (Å²) in [6, 6.07) is 17.7. The van der Waals surface area contributed by atoms with Crippen molar-refractivity contribution in [1.29, 1.82) is 0 Å². The number of hydrogen-bond acceptors (Lipinski definition) is 5. The zero-order valence-electron chi connectivity index (χ0n) is 15.9. The maximum Gasteiger partial charge on any atom is 0.240 e. The van der Waals surface area contributed by atoms with Gasteiger partial charge in [-0.1, -0.05) is 61.2 Å². The topological polar surface area (TPSA) is 71.8 Å². The van der Waals surface area contributed by atoms with Crippen LogP contribution >= 0.6 is 11.8 Å². The lowest BCUT2D eigenvalue weighted by molar-refractivity contribution is -0.116. The molecule has 0 aliphatic carbocycles. The van der Waals surface area contributed by atoms with Gasteiger partial charge < -0.3 is 10.7 Å². The first-order valence-electron chi connectivity index (χ1n) is 9.45. The fourth-order valence-electron chi connectivity index (χ4n) is 3.33. The lowest BCUT2D eigenvalue weighted by atomic mass is 10.0. The average molecular weight is 394 g/mol. The molecule has 2 atom stereocenters. The van der Waals surface area contributed by atoms with Crippen molar-refractivity contribution in [3.05, 3.63) is 71.5 Å². The minimum absolute atomic E-state index is 0.0526. The number of thioether (sulfide) groups is 1. The van der Waals surface area contributed by atoms with Crippen molar-refractivity contribution in [3.63, 3.8) is 0 Å². The molecule has 0 saturated heterocycles. The van der Waals surface area contributed by atoms with Crippen LogP contribution in [0.5, 0.6) is 0 Å². The highest BCUT2D eigenvalue weighted by Crippen LogP contribution is 2.37. The van der Waals surface area contributed by atoms with Crippen molar-refractivity contribution >= 4 is 23.4 Å². The van der Waals surface area contributed by atoms with Gasteiger partial charge in [0, 0.05) is 12.1 Å². The Morgan fingerprint density at radius 1 is 1.18 bits per heavy atom. The third kappa shape index (κ3) is 3.75. The molecule has 4 rings (SSSR count). The molecule has 6 nitrogen and oxygen atoms in total. The lowest BCUT2D eigenvalue weighted by Gasteiger charge is -2.33. The number of rotatable bonds is 5. The van der Waals surface area contributed by atoms with E-state index in [1.165, 1.54) is 11.8 Å². The van der Waals surface area contributed by atoms with Gasteiger partial charge in [0.05, 0.1) is 6.04 Å². The Morgan fingerprint density at radius 2 is 2.00 bits per heavy atom. The molecule has 144 valence electrons. The minimum atomic E-state index is -0.367. The number of aryl methyl sites for hydroxylation is 2. The number of aromatic nitrogens is 3. The minimum Gasteiger partial charge on any atom is -0.325 e. The van der Waals surface area contributed by atoms with Gasteiger partial charge in [0.15, 0.2) is 5.82 Å². The number of carbonyl (C=O) groups excluding carboxylic acids is 1. The van der Waals surface area contributed by atoms with Crippen molar-refractivity contribution in [2.24, 2.45) is 0 Å². The van der Waals surface area contributed by atoms with Crippen LogP contribution in [0.3, 0.4) is 0 Å². The van der Waals surface area contributed by atoms with Gasteiger partial charge >= 0.3 is 0 Å². The van der Waals surface area contributed by atoms with Gasteiger partial charge in [-0.3, -0.25) is 4.79 Å². The highest BCUT2D eigenvalue weighted by atomic mass is 32.2. The van der Waals surface area contributed by atoms with Crippen molar-refractivity contribution in [1.82, 2.24) is 14.9 Å². The summed E-state index contributed by atoms with van der Waals surface area (Å²) in [6.07, 6.45) is 1.82. The molecule has 28 heavy (non-hydrogen) atoms. The molecule has 0 spiro atoms. The SMILES string of the molecule is CCCc1nnc2n1N[C@H](c1ccccc1)[C@@H](C(=O)Nc1cccc(C)c1)S2. The molecule has 2 aromatic carbocycles. The van der Waals surface area contributed by atoms with Crippen molar-refractivity contribution in [3.8, 4) is 0 Å². The standard InChI is InChI=1S/C21H23N5OS/c1-3-8-17-23-24-21-26(17)25-18(15-10-5-4-6-11-15)19(28-21)20(27)22-16-12-7-9-14(2)13-16/h4-7,9-13,18-19,25H,3,8H2,1-2H3,(H,22,27)/t18-,19+/m1/s1. The highest BCUT2D eigenvalue weighted by molar-refractivity contribution is 8.00. The summed E-state index contributed by atoms with van der Waals surface area (Å²) in [5, 5.41) is 12.0. The van der Waals surface area contributed by atoms with Crippen LogP contribution in [0.4, 0.5) is 5.69 Å². The molecule has 1 aliphatic rings. The molecule has 0 fully saturated rings. The number of nitrogens with zero attached hydrogens (tertiary/aromatic N) is 3. The van der Waals surface area contributed by atoms with E-state index in [-0.39, 0.29) is 17.2 Å². The quantitative estimate of drug-likeness (QED) is 0.687. The van der Waals surface area contributed by atoms with E-state index in [2.05, 4.69) is 27.9 Å². The van der Waals surface area contributed by atoms with Gasteiger partial charge in [-0.2, -0.15) is 0 Å². The summed E-state index contributed by atoms with van der Waals surface area (Å²) in [6.45, 7) is 4.13. The molecule has 2 N–H and O–H groups in total. The molecule has 0 unspecified atom stereocenters. The van der Waals surface area contributed by atoms with E-state index in [9.17, 15) is 4.79 Å². The predicted molar refractivity (Wildman–Crippen MR) is 112 cm³/mol. The summed E-state index contributed by atoms with van der Waals surface area (Å²) in [5.74, 6) is 0.840. The summed E-state index contributed by atoms with van der Waals surface area (Å²) in [4.78, 5) is 13.2. The molecule has 1 amide bonds. The molecular weight excluding hydrogens is 370 g/mol. The Labute approximate surface area is 168 Å². The van der Waals surface area contributed by atoms with E-state index < -0.39 is 0 Å². The van der Waals surface area contributed by atoms with Crippen LogP contribution in [-0.4, -0.2) is 26.0 Å². The molecule has 0 radical (unpaired) electrons. The molecule has 7 heteroatoms. The number of nitrogens with one attached hydrogen (secondary N) is 2. The van der Waals surface area contributed by atoms with Gasteiger partial charge in [-0.15, -0.1) is 10.2 Å². The number of anilines is 1. The number of amides is 1. The van der Waals surface area contributed by atoms with E-state index in [1.54, 1.807) is 0 Å². The normalized spacial score (nSPS) is 18.2. The number of fused-ring (bicyclic) bond motifs is 1. The monoisotopic (exact) mass is 393 g/mol. The molecule has 3 aromatic rings. The highest BCUT2D eigenvalue weighted by Gasteiger charge is 2.37. The Kier molecular flexibility index (Phi) is 5.34. The second kappa shape index (κ2) is 8.06. The van der Waals surface area contributed by atoms with E-state index in [0.29, 0.717) is 0 Å². The van der Waals surface area contributed by atoms with Crippen molar-refractivity contribution in [2.45, 2.75) is 43.1 Å². The zero-order chi connectivity index (χ0) is 19.5. The van der Waals surface area contributed by atoms with E-state index in [0.717, 1.165) is 40.6 Å². The van der Waals surface area contributed by atoms with Gasteiger partial charge in [0.25, 0.3) is 0 Å². The number of benzene rings is 2. The van der Waals surface area contributed by atoms with Gasteiger partial charge in [0.1, 0.15) is 5.25 Å². The molecule has 1 aliphatic heterocycles. The summed E-state index contributed by atoms with van der Waals surface area (Å²) in [7, 11) is 0. The van der Waals surface area contributed by atoms with E-state index >= 15 is 0 Å². The Bertz CT molecular complexity index is 972. The number of carbonyl (C=O) groups is 1.